The topological polar surface area (TPSA) is 64.6 Å². The summed E-state index contributed by atoms with van der Waals surface area (Å²) in [6.07, 6.45) is -5.66. The summed E-state index contributed by atoms with van der Waals surface area (Å²) in [5, 5.41) is 2.59. The Hall–Kier alpha value is -2.74. The van der Waals surface area contributed by atoms with E-state index in [2.05, 4.69) is 5.32 Å². The molecule has 0 aliphatic rings. The van der Waals surface area contributed by atoms with E-state index in [4.69, 9.17) is 21.1 Å². The highest BCUT2D eigenvalue weighted by Crippen LogP contribution is 2.34. The number of ether oxygens (including phenoxy) is 2. The fourth-order valence-corrected chi connectivity index (χ4v) is 2.49. The molecule has 0 aliphatic carbocycles. The van der Waals surface area contributed by atoms with Crippen LogP contribution in [0.25, 0.3) is 0 Å². The third kappa shape index (κ3) is 5.88. The number of aryl methyl sites for hydroxylation is 1. The molecule has 28 heavy (non-hydrogen) atoms. The third-order valence-corrected chi connectivity index (χ3v) is 3.86. The van der Waals surface area contributed by atoms with Crippen molar-refractivity contribution in [2.24, 2.45) is 0 Å². The highest BCUT2D eigenvalue weighted by Gasteiger charge is 2.33. The SMILES string of the molecule is Cc1cc(Cl)ccc1OC(C)C(=O)OCC(=O)Nc1ccccc1C(F)(F)F. The van der Waals surface area contributed by atoms with Crippen LogP contribution in [-0.2, 0) is 20.5 Å². The van der Waals surface area contributed by atoms with Gasteiger partial charge in [0.1, 0.15) is 5.75 Å². The van der Waals surface area contributed by atoms with Gasteiger partial charge in [0.2, 0.25) is 0 Å². The molecule has 2 aromatic rings. The molecule has 1 atom stereocenters. The van der Waals surface area contributed by atoms with Crippen molar-refractivity contribution in [1.82, 2.24) is 0 Å². The van der Waals surface area contributed by atoms with Crippen molar-refractivity contribution in [2.45, 2.75) is 26.1 Å². The van der Waals surface area contributed by atoms with Crippen LogP contribution < -0.4 is 10.1 Å². The van der Waals surface area contributed by atoms with Gasteiger partial charge in [-0.3, -0.25) is 4.79 Å². The maximum atomic E-state index is 12.9. The van der Waals surface area contributed by atoms with Crippen LogP contribution in [0, 0.1) is 6.92 Å². The molecule has 0 fully saturated rings. The molecule has 2 rings (SSSR count). The van der Waals surface area contributed by atoms with E-state index in [0.717, 1.165) is 12.1 Å². The summed E-state index contributed by atoms with van der Waals surface area (Å²) in [5.41, 5.74) is -0.713. The summed E-state index contributed by atoms with van der Waals surface area (Å²) in [4.78, 5) is 23.8. The smallest absolute Gasteiger partial charge is 0.418 e. The molecule has 0 aromatic heterocycles. The number of amides is 1. The lowest BCUT2D eigenvalue weighted by molar-refractivity contribution is -0.153. The molecule has 0 bridgehead atoms. The third-order valence-electron chi connectivity index (χ3n) is 3.62. The quantitative estimate of drug-likeness (QED) is 0.699. The number of anilines is 1. The highest BCUT2D eigenvalue weighted by molar-refractivity contribution is 6.30. The van der Waals surface area contributed by atoms with Crippen LogP contribution >= 0.6 is 11.6 Å². The lowest BCUT2D eigenvalue weighted by atomic mass is 10.1. The number of esters is 1. The van der Waals surface area contributed by atoms with Gasteiger partial charge in [-0.25, -0.2) is 4.79 Å². The minimum atomic E-state index is -4.63. The molecule has 9 heteroatoms. The van der Waals surface area contributed by atoms with Crippen LogP contribution in [0.4, 0.5) is 18.9 Å². The molecule has 1 N–H and O–H groups in total. The van der Waals surface area contributed by atoms with Crippen molar-refractivity contribution in [3.63, 3.8) is 0 Å². The molecular weight excluding hydrogens is 399 g/mol. The standard InChI is InChI=1S/C19H17ClF3NO4/c1-11-9-13(20)7-8-16(11)28-12(2)18(26)27-10-17(25)24-15-6-4-3-5-14(15)19(21,22)23/h3-9,12H,10H2,1-2H3,(H,24,25). The average molecular weight is 416 g/mol. The van der Waals surface area contributed by atoms with E-state index >= 15 is 0 Å². The first kappa shape index (κ1) is 21.6. The number of para-hydroxylation sites is 1. The predicted molar refractivity (Wildman–Crippen MR) is 97.3 cm³/mol. The van der Waals surface area contributed by atoms with Crippen LogP contribution in [0.1, 0.15) is 18.1 Å². The molecule has 0 aliphatic heterocycles. The molecule has 0 saturated carbocycles. The Morgan fingerprint density at radius 3 is 2.50 bits per heavy atom. The van der Waals surface area contributed by atoms with Crippen LogP contribution in [0.2, 0.25) is 5.02 Å². The Labute approximate surface area is 164 Å². The summed E-state index contributed by atoms with van der Waals surface area (Å²) < 4.78 is 49.0. The molecule has 2 aromatic carbocycles. The van der Waals surface area contributed by atoms with Gasteiger partial charge in [-0.05, 0) is 49.7 Å². The number of nitrogens with one attached hydrogen (secondary N) is 1. The van der Waals surface area contributed by atoms with Gasteiger partial charge in [0.05, 0.1) is 11.3 Å². The van der Waals surface area contributed by atoms with Crippen LogP contribution in [-0.4, -0.2) is 24.6 Å². The Bertz CT molecular complexity index is 870. The molecule has 1 amide bonds. The Morgan fingerprint density at radius 2 is 1.86 bits per heavy atom. The van der Waals surface area contributed by atoms with E-state index < -0.39 is 42.0 Å². The molecule has 0 heterocycles. The van der Waals surface area contributed by atoms with Gasteiger partial charge in [0.25, 0.3) is 5.91 Å². The predicted octanol–water partition coefficient (Wildman–Crippen LogP) is 4.62. The second kappa shape index (κ2) is 8.97. The molecular formula is C19H17ClF3NO4. The van der Waals surface area contributed by atoms with Crippen molar-refractivity contribution in [2.75, 3.05) is 11.9 Å². The van der Waals surface area contributed by atoms with Gasteiger partial charge in [0, 0.05) is 5.02 Å². The second-order valence-corrected chi connectivity index (χ2v) is 6.31. The molecule has 0 saturated heterocycles. The van der Waals surface area contributed by atoms with Crippen LogP contribution in [0.15, 0.2) is 42.5 Å². The number of rotatable bonds is 6. The maximum Gasteiger partial charge on any atom is 0.418 e. The van der Waals surface area contributed by atoms with Gasteiger partial charge in [-0.15, -0.1) is 0 Å². The first-order chi connectivity index (χ1) is 13.1. The zero-order valence-electron chi connectivity index (χ0n) is 15.0. The van der Waals surface area contributed by atoms with E-state index in [0.29, 0.717) is 16.3 Å². The monoisotopic (exact) mass is 415 g/mol. The average Bonchev–Trinajstić information content (AvgIpc) is 2.61. The van der Waals surface area contributed by atoms with Crippen molar-refractivity contribution in [3.8, 4) is 5.75 Å². The normalized spacial score (nSPS) is 12.2. The Kier molecular flexibility index (Phi) is 6.90. The van der Waals surface area contributed by atoms with E-state index in [-0.39, 0.29) is 0 Å². The minimum absolute atomic E-state index is 0.414. The highest BCUT2D eigenvalue weighted by atomic mass is 35.5. The fourth-order valence-electron chi connectivity index (χ4n) is 2.26. The van der Waals surface area contributed by atoms with Gasteiger partial charge < -0.3 is 14.8 Å². The molecule has 0 spiro atoms. The van der Waals surface area contributed by atoms with Crippen LogP contribution in [0.3, 0.4) is 0 Å². The lowest BCUT2D eigenvalue weighted by Crippen LogP contribution is -2.30. The molecule has 1 unspecified atom stereocenters. The van der Waals surface area contributed by atoms with E-state index in [9.17, 15) is 22.8 Å². The first-order valence-electron chi connectivity index (χ1n) is 8.13. The summed E-state index contributed by atoms with van der Waals surface area (Å²) in [5.74, 6) is -1.33. The van der Waals surface area contributed by atoms with E-state index in [1.54, 1.807) is 25.1 Å². The van der Waals surface area contributed by atoms with E-state index in [1.807, 2.05) is 0 Å². The lowest BCUT2D eigenvalue weighted by Gasteiger charge is -2.16. The number of alkyl halides is 3. The van der Waals surface area contributed by atoms with E-state index in [1.165, 1.54) is 19.1 Å². The minimum Gasteiger partial charge on any atom is -0.479 e. The number of hydrogen-bond donors (Lipinski definition) is 1. The number of hydrogen-bond acceptors (Lipinski definition) is 4. The molecule has 0 radical (unpaired) electrons. The van der Waals surface area contributed by atoms with Crippen molar-refractivity contribution >= 4 is 29.2 Å². The van der Waals surface area contributed by atoms with Gasteiger partial charge in [-0.1, -0.05) is 23.7 Å². The molecule has 150 valence electrons. The Balaban J connectivity index is 1.91. The second-order valence-electron chi connectivity index (χ2n) is 5.87. The van der Waals surface area contributed by atoms with Gasteiger partial charge >= 0.3 is 12.1 Å². The first-order valence-corrected chi connectivity index (χ1v) is 8.51. The van der Waals surface area contributed by atoms with Crippen molar-refractivity contribution in [3.05, 3.63) is 58.6 Å². The Morgan fingerprint density at radius 1 is 1.18 bits per heavy atom. The largest absolute Gasteiger partial charge is 0.479 e. The number of benzene rings is 2. The fraction of sp³-hybridized carbons (Fsp3) is 0.263. The zero-order valence-corrected chi connectivity index (χ0v) is 15.7. The summed E-state index contributed by atoms with van der Waals surface area (Å²) in [6.45, 7) is 2.41. The van der Waals surface area contributed by atoms with Crippen LogP contribution in [0.5, 0.6) is 5.75 Å². The number of halogens is 4. The number of carbonyl (C=O) groups is 2. The summed E-state index contributed by atoms with van der Waals surface area (Å²) in [6, 6.07) is 9.33. The number of carbonyl (C=O) groups excluding carboxylic acids is 2. The summed E-state index contributed by atoms with van der Waals surface area (Å²) >= 11 is 5.84. The van der Waals surface area contributed by atoms with Gasteiger partial charge in [0.15, 0.2) is 12.7 Å². The van der Waals surface area contributed by atoms with Crippen molar-refractivity contribution in [1.29, 1.82) is 0 Å². The summed E-state index contributed by atoms with van der Waals surface area (Å²) in [7, 11) is 0. The zero-order chi connectivity index (χ0) is 20.9. The van der Waals surface area contributed by atoms with Crippen molar-refractivity contribution < 1.29 is 32.2 Å². The molecule has 5 nitrogen and oxygen atoms in total. The maximum absolute atomic E-state index is 12.9. The van der Waals surface area contributed by atoms with Gasteiger partial charge in [-0.2, -0.15) is 13.2 Å².